The molecule has 0 N–H and O–H groups in total. The van der Waals surface area contributed by atoms with Crippen LogP contribution in [0.2, 0.25) is 0 Å². The van der Waals surface area contributed by atoms with Crippen molar-refractivity contribution in [1.82, 2.24) is 0 Å². The highest BCUT2D eigenvalue weighted by molar-refractivity contribution is 7.43. The summed E-state index contributed by atoms with van der Waals surface area (Å²) in [6.45, 7) is 86.6. The second-order valence-corrected chi connectivity index (χ2v) is 42.3. The lowest BCUT2D eigenvalue weighted by molar-refractivity contribution is 0.363. The van der Waals surface area contributed by atoms with Crippen molar-refractivity contribution < 1.29 is 27.1 Å². The smallest absolute Gasteiger partial charge is 0.409 e. The van der Waals surface area contributed by atoms with E-state index in [9.17, 15) is 0 Å². The Labute approximate surface area is 584 Å². The zero-order valence-corrected chi connectivity index (χ0v) is 68.9. The summed E-state index contributed by atoms with van der Waals surface area (Å²) in [7, 11) is -4.24. The quantitative estimate of drug-likeness (QED) is 0.101. The highest BCUT2D eigenvalue weighted by Crippen LogP contribution is 2.57. The zero-order chi connectivity index (χ0) is 72.8. The Hall–Kier alpha value is -5.02. The molecule has 6 aromatic carbocycles. The van der Waals surface area contributed by atoms with Crippen LogP contribution in [0.5, 0.6) is 34.5 Å². The molecule has 0 atom stereocenters. The van der Waals surface area contributed by atoms with Crippen LogP contribution in [-0.4, -0.2) is 0 Å². The molecule has 0 radical (unpaired) electrons. The number of benzene rings is 6. The molecular weight excluding hydrogens is 1200 g/mol. The molecule has 0 aliphatic rings. The summed E-state index contributed by atoms with van der Waals surface area (Å²) in [5.41, 5.74) is 13.4. The van der Waals surface area contributed by atoms with Crippen molar-refractivity contribution >= 4 is 17.2 Å². The maximum atomic E-state index is 7.52. The van der Waals surface area contributed by atoms with E-state index in [-0.39, 0.29) is 65.0 Å². The third-order valence-corrected chi connectivity index (χ3v) is 20.5. The van der Waals surface area contributed by atoms with E-state index < -0.39 is 22.6 Å². The van der Waals surface area contributed by atoms with Gasteiger partial charge in [-0.25, -0.2) is 0 Å². The fourth-order valence-electron chi connectivity index (χ4n) is 11.7. The van der Waals surface area contributed by atoms with E-state index in [4.69, 9.17) is 27.1 Å². The molecule has 524 valence electrons. The van der Waals surface area contributed by atoms with E-state index in [2.05, 4.69) is 360 Å². The molecule has 0 spiro atoms. The third kappa shape index (κ3) is 19.3. The fourth-order valence-corrected chi connectivity index (χ4v) is 13.9. The lowest BCUT2D eigenvalue weighted by Gasteiger charge is -2.35. The van der Waals surface area contributed by atoms with Crippen LogP contribution in [0.25, 0.3) is 0 Å². The third-order valence-electron chi connectivity index (χ3n) is 18.5. The van der Waals surface area contributed by atoms with Gasteiger partial charge in [0.15, 0.2) is 0 Å². The number of rotatable bonds is 14. The molecule has 0 aromatic heterocycles. The van der Waals surface area contributed by atoms with E-state index in [1.807, 2.05) is 0 Å². The molecule has 6 nitrogen and oxygen atoms in total. The average molecular weight is 1330 g/mol. The van der Waals surface area contributed by atoms with Gasteiger partial charge in [-0.15, -0.1) is 0 Å². The van der Waals surface area contributed by atoms with Gasteiger partial charge in [-0.05, 0) is 123 Å². The highest BCUT2D eigenvalue weighted by atomic mass is 31.2. The molecule has 8 heteroatoms. The first-order valence-electron chi connectivity index (χ1n) is 35.1. The molecule has 0 saturated heterocycles. The minimum atomic E-state index is -2.12. The van der Waals surface area contributed by atoms with Crippen LogP contribution in [-0.2, 0) is 70.4 Å². The minimum Gasteiger partial charge on any atom is -0.409 e. The molecule has 0 heterocycles. The highest BCUT2D eigenvalue weighted by Gasteiger charge is 2.41. The Morgan fingerprint density at radius 2 is 0.326 bits per heavy atom. The standard InChI is InChI=1S/C87H130O6P2/c1-75(2,3)57-47-63(79(13,14)15)71(64(48-57)80(16,17)18)90-94(91-72-65(81(19,20)21)49-58(76(4,5)6)50-66(72)82(22,23)24)88-61-43-39-55(40-44-61)87(37,38)56-41-45-62(46-42-56)89-95(92-73-67(83(25,26)27)51-59(77(7,8)9)52-68(73)84(28,29)30)93-74-69(85(31,32)33)53-60(78(10,11)12)54-70(74)86(34,35)36/h39-54H,1-38H3. The zero-order valence-electron chi connectivity index (χ0n) is 67.1. The van der Waals surface area contributed by atoms with E-state index in [1.54, 1.807) is 0 Å². The van der Waals surface area contributed by atoms with Crippen molar-refractivity contribution in [3.63, 3.8) is 0 Å². The molecule has 0 aliphatic carbocycles. The Balaban J connectivity index is 1.49. The van der Waals surface area contributed by atoms with E-state index in [0.717, 1.165) is 78.6 Å². The van der Waals surface area contributed by atoms with Gasteiger partial charge >= 0.3 is 17.2 Å². The molecule has 0 fully saturated rings. The molecule has 0 aliphatic heterocycles. The fraction of sp³-hybridized carbons (Fsp3) is 0.586. The van der Waals surface area contributed by atoms with Gasteiger partial charge in [0, 0.05) is 49.9 Å². The van der Waals surface area contributed by atoms with Gasteiger partial charge < -0.3 is 27.1 Å². The van der Waals surface area contributed by atoms with Crippen LogP contribution < -0.4 is 27.1 Å². The topological polar surface area (TPSA) is 55.4 Å². The first-order valence-corrected chi connectivity index (χ1v) is 37.3. The second kappa shape index (κ2) is 26.6. The van der Waals surface area contributed by atoms with Crippen LogP contribution in [0, 0.1) is 0 Å². The van der Waals surface area contributed by atoms with Gasteiger partial charge in [0.05, 0.1) is 0 Å². The summed E-state index contributed by atoms with van der Waals surface area (Å²) >= 11 is 0. The van der Waals surface area contributed by atoms with Crippen molar-refractivity contribution in [3.8, 4) is 34.5 Å². The molecule has 0 unspecified atom stereocenters. The minimum absolute atomic E-state index is 0.0894. The molecule has 6 aromatic rings. The van der Waals surface area contributed by atoms with Gasteiger partial charge in [-0.1, -0.05) is 336 Å². The van der Waals surface area contributed by atoms with E-state index >= 15 is 0 Å². The first kappa shape index (κ1) is 79.0. The lowest BCUT2D eigenvalue weighted by atomic mass is 9.75. The van der Waals surface area contributed by atoms with Crippen LogP contribution >= 0.6 is 17.2 Å². The van der Waals surface area contributed by atoms with Crippen molar-refractivity contribution in [2.45, 2.75) is 333 Å². The van der Waals surface area contributed by atoms with Crippen molar-refractivity contribution in [2.75, 3.05) is 0 Å². The van der Waals surface area contributed by atoms with E-state index in [1.165, 1.54) is 22.3 Å². The molecule has 0 saturated carbocycles. The van der Waals surface area contributed by atoms with Crippen molar-refractivity contribution in [1.29, 1.82) is 0 Å². The summed E-state index contributed by atoms with van der Waals surface area (Å²) in [4.78, 5) is 0. The van der Waals surface area contributed by atoms with Gasteiger partial charge in [-0.3, -0.25) is 0 Å². The maximum Gasteiger partial charge on any atom is 0.530 e. The summed E-state index contributed by atoms with van der Waals surface area (Å²) < 4.78 is 44.5. The summed E-state index contributed by atoms with van der Waals surface area (Å²) in [5.74, 6) is 4.59. The SMILES string of the molecule is CC(C)(C)c1cc(C(C)(C)C)c(OP(Oc2ccc(C(C)(C)c3ccc(OP(Oc4c(C(C)(C)C)cc(C(C)(C)C)cc4C(C)(C)C)Oc4c(C(C)(C)C)cc(C(C)(C)C)cc4C(C)(C)C)cc3)cc2)Oc2c(C(C)(C)C)cc(C(C)(C)C)cc2C(C)(C)C)c(C(C)(C)C)c1. The van der Waals surface area contributed by atoms with Crippen LogP contribution in [0.1, 0.15) is 341 Å². The first-order chi connectivity index (χ1) is 42.4. The number of hydrogen-bond donors (Lipinski definition) is 0. The molecule has 6 rings (SSSR count). The summed E-state index contributed by atoms with van der Waals surface area (Å²) in [6, 6.07) is 35.8. The average Bonchev–Trinajstić information content (AvgIpc) is 0.774. The maximum absolute atomic E-state index is 7.52. The van der Waals surface area contributed by atoms with Crippen molar-refractivity contribution in [2.24, 2.45) is 0 Å². The predicted octanol–water partition coefficient (Wildman–Crippen LogP) is 27.1. The predicted molar refractivity (Wildman–Crippen MR) is 413 cm³/mol. The van der Waals surface area contributed by atoms with Crippen molar-refractivity contribution in [3.05, 3.63) is 175 Å². The van der Waals surface area contributed by atoms with Gasteiger partial charge in [0.2, 0.25) is 0 Å². The van der Waals surface area contributed by atoms with Crippen LogP contribution in [0.3, 0.4) is 0 Å². The van der Waals surface area contributed by atoms with Crippen LogP contribution in [0.4, 0.5) is 0 Å². The van der Waals surface area contributed by atoms with Gasteiger partial charge in [-0.2, -0.15) is 0 Å². The lowest BCUT2D eigenvalue weighted by Crippen LogP contribution is -2.24. The Kier molecular flexibility index (Phi) is 22.1. The Morgan fingerprint density at radius 1 is 0.179 bits per heavy atom. The Morgan fingerprint density at radius 3 is 0.453 bits per heavy atom. The normalized spacial score (nSPS) is 14.0. The molecule has 0 bridgehead atoms. The molecular formula is C87H130O6P2. The summed E-state index contributed by atoms with van der Waals surface area (Å²) in [6.07, 6.45) is 0. The number of hydrogen-bond acceptors (Lipinski definition) is 6. The Bertz CT molecular complexity index is 3090. The van der Waals surface area contributed by atoms with Gasteiger partial charge in [0.25, 0.3) is 0 Å². The summed E-state index contributed by atoms with van der Waals surface area (Å²) in [5, 5.41) is 0. The molecule has 0 amide bonds. The van der Waals surface area contributed by atoms with Crippen LogP contribution in [0.15, 0.2) is 97.1 Å². The molecule has 95 heavy (non-hydrogen) atoms. The largest absolute Gasteiger partial charge is 0.530 e. The van der Waals surface area contributed by atoms with Gasteiger partial charge in [0.1, 0.15) is 34.5 Å². The monoisotopic (exact) mass is 1330 g/mol. The van der Waals surface area contributed by atoms with E-state index in [0.29, 0.717) is 11.5 Å². The second-order valence-electron chi connectivity index (χ2n) is 40.3.